The van der Waals surface area contributed by atoms with Gasteiger partial charge in [0.1, 0.15) is 0 Å². The third kappa shape index (κ3) is 7.98. The van der Waals surface area contributed by atoms with Crippen LogP contribution in [-0.2, 0) is 16.2 Å². The maximum absolute atomic E-state index is 2.67. The van der Waals surface area contributed by atoms with Crippen molar-refractivity contribution >= 4 is 95.0 Å². The van der Waals surface area contributed by atoms with E-state index in [1.54, 1.807) is 0 Å². The number of thiophene rings is 1. The second kappa shape index (κ2) is 18.0. The van der Waals surface area contributed by atoms with Gasteiger partial charge >= 0.3 is 0 Å². The maximum Gasteiger partial charge on any atom is 0.264 e. The predicted molar refractivity (Wildman–Crippen MR) is 334 cm³/mol. The average Bonchev–Trinajstić information content (AvgIpc) is 4.04. The second-order valence-corrected chi connectivity index (χ2v) is 25.7. The fourth-order valence-electron chi connectivity index (χ4n) is 13.4. The molecular weight excluding hydrogens is 950 g/mol. The first-order chi connectivity index (χ1) is 37.0. The number of aryl methyl sites for hydroxylation is 4. The van der Waals surface area contributed by atoms with Crippen molar-refractivity contribution in [3.8, 4) is 22.3 Å². The highest BCUT2D eigenvalue weighted by atomic mass is 32.1. The molecule has 3 nitrogen and oxygen atoms in total. The van der Waals surface area contributed by atoms with Crippen molar-refractivity contribution in [2.24, 2.45) is 0 Å². The normalized spacial score (nSPS) is 15.0. The molecule has 3 aliphatic rings. The lowest BCUT2D eigenvalue weighted by Crippen LogP contribution is -2.60. The van der Waals surface area contributed by atoms with E-state index >= 15 is 0 Å². The van der Waals surface area contributed by atoms with Gasteiger partial charge in [0.15, 0.2) is 0 Å². The van der Waals surface area contributed by atoms with Crippen LogP contribution in [0.4, 0.5) is 51.2 Å². The Bertz CT molecular complexity index is 3890. The van der Waals surface area contributed by atoms with Gasteiger partial charge in [0.05, 0.1) is 11.4 Å². The summed E-state index contributed by atoms with van der Waals surface area (Å²) in [5.74, 6) is 0. The Hall–Kier alpha value is -7.60. The van der Waals surface area contributed by atoms with Gasteiger partial charge in [-0.25, -0.2) is 0 Å². The first-order valence-corrected chi connectivity index (χ1v) is 28.6. The summed E-state index contributed by atoms with van der Waals surface area (Å²) >= 11 is 2.02. The van der Waals surface area contributed by atoms with Gasteiger partial charge in [0.25, 0.3) is 6.71 Å². The summed E-state index contributed by atoms with van der Waals surface area (Å²) in [6.07, 6.45) is 2.33. The van der Waals surface area contributed by atoms with E-state index < -0.39 is 0 Å². The Balaban J connectivity index is 1.19. The van der Waals surface area contributed by atoms with Crippen molar-refractivity contribution in [3.05, 3.63) is 227 Å². The highest BCUT2D eigenvalue weighted by molar-refractivity contribution is 7.33. The monoisotopic (exact) mass is 1020 g/mol. The van der Waals surface area contributed by atoms with Crippen molar-refractivity contribution < 1.29 is 0 Å². The zero-order valence-electron chi connectivity index (χ0n) is 46.6. The van der Waals surface area contributed by atoms with Crippen LogP contribution in [0.25, 0.3) is 32.3 Å². The number of rotatable bonds is 7. The molecule has 10 aromatic rings. The molecule has 13 rings (SSSR count). The summed E-state index contributed by atoms with van der Waals surface area (Å²) < 4.78 is 2.75. The molecule has 2 aliphatic heterocycles. The van der Waals surface area contributed by atoms with Crippen molar-refractivity contribution in [3.63, 3.8) is 0 Å². The van der Waals surface area contributed by atoms with Crippen molar-refractivity contribution in [1.82, 2.24) is 0 Å². The fraction of sp³-hybridized carbons (Fsp3) is 0.222. The predicted octanol–water partition coefficient (Wildman–Crippen LogP) is 18.7. The van der Waals surface area contributed by atoms with Crippen molar-refractivity contribution in [2.45, 2.75) is 105 Å². The van der Waals surface area contributed by atoms with E-state index in [9.17, 15) is 0 Å². The second-order valence-electron chi connectivity index (χ2n) is 24.6. The van der Waals surface area contributed by atoms with Gasteiger partial charge in [-0.3, -0.25) is 0 Å². The molecule has 0 unspecified atom stereocenters. The Morgan fingerprint density at radius 1 is 0.481 bits per heavy atom. The van der Waals surface area contributed by atoms with Gasteiger partial charge in [-0.1, -0.05) is 158 Å². The Labute approximate surface area is 461 Å². The number of hydrogen-bond donors (Lipinski definition) is 0. The smallest absolute Gasteiger partial charge is 0.264 e. The Kier molecular flexibility index (Phi) is 11.5. The van der Waals surface area contributed by atoms with Gasteiger partial charge in [-0.15, -0.1) is 11.3 Å². The molecule has 0 amide bonds. The van der Waals surface area contributed by atoms with E-state index in [1.165, 1.54) is 122 Å². The Morgan fingerprint density at radius 3 is 1.58 bits per heavy atom. The van der Waals surface area contributed by atoms with Crippen LogP contribution in [0.15, 0.2) is 188 Å². The SMILES string of the molecule is Cc1cccc(C)c1-c1cccc(N2c3cc(-c4c(C)cccc4C)ccc3B3c4sc5cc6c(cc5c4N(c4ccc(C(C)(C)C)cc4)c4cc(N(c5ccccc5)c5ccccc5)cc2c43)C(C)(C)CCC6(C)C)c1. The Morgan fingerprint density at radius 2 is 1.01 bits per heavy atom. The van der Waals surface area contributed by atoms with Gasteiger partial charge in [-0.2, -0.15) is 0 Å². The summed E-state index contributed by atoms with van der Waals surface area (Å²) in [5, 5.41) is 1.34. The van der Waals surface area contributed by atoms with E-state index in [2.05, 4.69) is 279 Å². The number of para-hydroxylation sites is 2. The molecule has 0 saturated carbocycles. The number of anilines is 9. The molecule has 77 heavy (non-hydrogen) atoms. The molecule has 0 spiro atoms. The minimum absolute atomic E-state index is 0.000573. The lowest BCUT2D eigenvalue weighted by molar-refractivity contribution is 0.332. The number of nitrogens with zero attached hydrogens (tertiary/aromatic N) is 3. The van der Waals surface area contributed by atoms with Crippen LogP contribution in [0, 0.1) is 27.7 Å². The number of hydrogen-bond acceptors (Lipinski definition) is 4. The molecule has 0 saturated heterocycles. The zero-order valence-corrected chi connectivity index (χ0v) is 47.5. The van der Waals surface area contributed by atoms with Gasteiger partial charge in [-0.05, 0) is 208 Å². The summed E-state index contributed by atoms with van der Waals surface area (Å²) in [5.41, 5.74) is 27.7. The molecule has 9 aromatic carbocycles. The largest absolute Gasteiger partial charge is 0.311 e. The molecule has 5 heteroatoms. The van der Waals surface area contributed by atoms with Gasteiger partial charge < -0.3 is 14.7 Å². The highest BCUT2D eigenvalue weighted by Gasteiger charge is 2.47. The molecule has 3 heterocycles. The average molecular weight is 1020 g/mol. The molecule has 1 aliphatic carbocycles. The van der Waals surface area contributed by atoms with Crippen LogP contribution >= 0.6 is 11.3 Å². The molecular formula is C72H68BN3S. The highest BCUT2D eigenvalue weighted by Crippen LogP contribution is 2.54. The van der Waals surface area contributed by atoms with Crippen molar-refractivity contribution in [1.29, 1.82) is 0 Å². The number of benzene rings is 9. The van der Waals surface area contributed by atoms with Crippen LogP contribution in [0.3, 0.4) is 0 Å². The van der Waals surface area contributed by atoms with E-state index in [-0.39, 0.29) is 23.0 Å². The molecule has 0 fully saturated rings. The van der Waals surface area contributed by atoms with E-state index in [4.69, 9.17) is 0 Å². The van der Waals surface area contributed by atoms with Crippen molar-refractivity contribution in [2.75, 3.05) is 14.7 Å². The first kappa shape index (κ1) is 49.0. The fourth-order valence-corrected chi connectivity index (χ4v) is 14.7. The third-order valence-electron chi connectivity index (χ3n) is 17.5. The molecule has 0 bridgehead atoms. The summed E-state index contributed by atoms with van der Waals surface area (Å²) in [6.45, 7) is 25.8. The van der Waals surface area contributed by atoms with Gasteiger partial charge in [0.2, 0.25) is 0 Å². The van der Waals surface area contributed by atoms with Gasteiger partial charge in [0, 0.05) is 54.7 Å². The topological polar surface area (TPSA) is 9.72 Å². The van der Waals surface area contributed by atoms with Crippen LogP contribution in [0.1, 0.15) is 100 Å². The minimum atomic E-state index is -0.0495. The maximum atomic E-state index is 2.67. The minimum Gasteiger partial charge on any atom is -0.311 e. The molecule has 380 valence electrons. The summed E-state index contributed by atoms with van der Waals surface area (Å²) in [7, 11) is 0. The first-order valence-electron chi connectivity index (χ1n) is 27.7. The summed E-state index contributed by atoms with van der Waals surface area (Å²) in [4.78, 5) is 7.75. The summed E-state index contributed by atoms with van der Waals surface area (Å²) in [6, 6.07) is 71.9. The van der Waals surface area contributed by atoms with E-state index in [1.807, 2.05) is 11.3 Å². The molecule has 0 N–H and O–H groups in total. The standard InChI is InChI=1S/C72H68BN3S/c1-45-21-18-22-46(2)65(45)49-25-20-30-55(39-49)75-61-40-50(66-47(3)23-19-24-48(66)4)31-36-60(61)73-67-62(75)41-56(74(52-26-14-12-15-27-52)53-28-16-13-17-29-53)42-63(67)76(54-34-32-51(33-35-54)70(5,6)7)68-57-43-58-59(44-64(57)77-69(68)73)72(10,11)38-37-71(58,8)9/h12-36,39-44H,37-38H2,1-11H3. The molecule has 0 atom stereocenters. The quantitative estimate of drug-likeness (QED) is 0.147. The zero-order chi connectivity index (χ0) is 53.3. The lowest BCUT2D eigenvalue weighted by atomic mass is 9.36. The van der Waals surface area contributed by atoms with Crippen LogP contribution in [-0.4, -0.2) is 6.71 Å². The van der Waals surface area contributed by atoms with Crippen LogP contribution in [0.2, 0.25) is 0 Å². The van der Waals surface area contributed by atoms with E-state index in [0.717, 1.165) is 29.2 Å². The number of fused-ring (bicyclic) bond motifs is 7. The van der Waals surface area contributed by atoms with E-state index in [0.29, 0.717) is 0 Å². The van der Waals surface area contributed by atoms with Crippen LogP contribution < -0.4 is 30.4 Å². The third-order valence-corrected chi connectivity index (χ3v) is 18.8. The lowest BCUT2D eigenvalue weighted by Gasteiger charge is -2.44. The molecule has 0 radical (unpaired) electrons. The molecule has 1 aromatic heterocycles. The van der Waals surface area contributed by atoms with Crippen LogP contribution in [0.5, 0.6) is 0 Å².